The average Bonchev–Trinajstić information content (AvgIpc) is 2.36. The summed E-state index contributed by atoms with van der Waals surface area (Å²) in [6.45, 7) is 5.34. The van der Waals surface area contributed by atoms with E-state index in [1.807, 2.05) is 30.3 Å². The van der Waals surface area contributed by atoms with Gasteiger partial charge in [0.15, 0.2) is 0 Å². The molecule has 0 aliphatic carbocycles. The molecule has 0 saturated carbocycles. The Labute approximate surface area is 119 Å². The van der Waals surface area contributed by atoms with E-state index in [4.69, 9.17) is 9.47 Å². The Morgan fingerprint density at radius 1 is 1.15 bits per heavy atom. The van der Waals surface area contributed by atoms with Crippen molar-refractivity contribution in [1.82, 2.24) is 0 Å². The predicted molar refractivity (Wildman–Crippen MR) is 76.9 cm³/mol. The fourth-order valence-electron chi connectivity index (χ4n) is 1.60. The van der Waals surface area contributed by atoms with Gasteiger partial charge in [0.2, 0.25) is 0 Å². The molecule has 0 bridgehead atoms. The summed E-state index contributed by atoms with van der Waals surface area (Å²) in [6.07, 6.45) is 1.52. The molecule has 108 valence electrons. The minimum atomic E-state index is -0.578. The zero-order valence-corrected chi connectivity index (χ0v) is 12.3. The fraction of sp³-hybridized carbons (Fsp3) is 0.375. The van der Waals surface area contributed by atoms with Crippen LogP contribution in [0.3, 0.4) is 0 Å². The first-order valence-electron chi connectivity index (χ1n) is 6.37. The third kappa shape index (κ3) is 5.69. The molecule has 1 aromatic carbocycles. The summed E-state index contributed by atoms with van der Waals surface area (Å²) in [5, 5.41) is 0. The monoisotopic (exact) mass is 276 g/mol. The van der Waals surface area contributed by atoms with Gasteiger partial charge in [0, 0.05) is 5.57 Å². The van der Waals surface area contributed by atoms with E-state index in [2.05, 4.69) is 0 Å². The zero-order valence-electron chi connectivity index (χ0n) is 12.3. The van der Waals surface area contributed by atoms with E-state index in [0.29, 0.717) is 0 Å². The summed E-state index contributed by atoms with van der Waals surface area (Å²) in [5.41, 5.74) is 0.523. The maximum absolute atomic E-state index is 11.8. The van der Waals surface area contributed by atoms with Crippen LogP contribution < -0.4 is 0 Å². The molecule has 0 amide bonds. The Balaban J connectivity index is 2.89. The summed E-state index contributed by atoms with van der Waals surface area (Å²) in [6, 6.07) is 9.28. The van der Waals surface area contributed by atoms with Crippen LogP contribution >= 0.6 is 0 Å². The molecule has 0 saturated heterocycles. The highest BCUT2D eigenvalue weighted by molar-refractivity contribution is 5.98. The van der Waals surface area contributed by atoms with Crippen molar-refractivity contribution in [2.45, 2.75) is 32.8 Å². The Bertz CT molecular complexity index is 495. The number of rotatable bonds is 4. The predicted octanol–water partition coefficient (Wildman–Crippen LogP) is 2.97. The lowest BCUT2D eigenvalue weighted by Crippen LogP contribution is -2.24. The van der Waals surface area contributed by atoms with E-state index in [0.717, 1.165) is 5.56 Å². The summed E-state index contributed by atoms with van der Waals surface area (Å²) in [4.78, 5) is 23.5. The van der Waals surface area contributed by atoms with E-state index in [-0.39, 0.29) is 12.0 Å². The average molecular weight is 276 g/mol. The standard InChI is InChI=1S/C16H20O4/c1-16(2,3)20-14(17)11-13(15(18)19-4)10-12-8-6-5-7-9-12/h5-10H,11H2,1-4H3/b13-10+. The quantitative estimate of drug-likeness (QED) is 0.626. The number of carbonyl (C=O) groups is 2. The third-order valence-corrected chi connectivity index (χ3v) is 2.34. The minimum Gasteiger partial charge on any atom is -0.466 e. The summed E-state index contributed by atoms with van der Waals surface area (Å²) < 4.78 is 9.91. The van der Waals surface area contributed by atoms with Gasteiger partial charge in [-0.3, -0.25) is 4.79 Å². The minimum absolute atomic E-state index is 0.112. The van der Waals surface area contributed by atoms with Gasteiger partial charge in [-0.15, -0.1) is 0 Å². The highest BCUT2D eigenvalue weighted by Crippen LogP contribution is 2.15. The Kier molecular flexibility index (Phi) is 5.50. The van der Waals surface area contributed by atoms with Crippen molar-refractivity contribution >= 4 is 18.0 Å². The number of esters is 2. The smallest absolute Gasteiger partial charge is 0.334 e. The van der Waals surface area contributed by atoms with Gasteiger partial charge in [0.05, 0.1) is 13.5 Å². The van der Waals surface area contributed by atoms with Crippen LogP contribution in [0.4, 0.5) is 0 Å². The summed E-state index contributed by atoms with van der Waals surface area (Å²) >= 11 is 0. The van der Waals surface area contributed by atoms with E-state index in [9.17, 15) is 9.59 Å². The molecule has 0 aliphatic heterocycles. The molecule has 0 aliphatic rings. The van der Waals surface area contributed by atoms with Gasteiger partial charge in [-0.05, 0) is 32.4 Å². The molecule has 0 spiro atoms. The number of hydrogen-bond donors (Lipinski definition) is 0. The van der Waals surface area contributed by atoms with Crippen molar-refractivity contribution in [3.05, 3.63) is 41.5 Å². The zero-order chi connectivity index (χ0) is 15.2. The molecular weight excluding hydrogens is 256 g/mol. The van der Waals surface area contributed by atoms with Crippen molar-refractivity contribution in [2.24, 2.45) is 0 Å². The van der Waals surface area contributed by atoms with Crippen molar-refractivity contribution in [1.29, 1.82) is 0 Å². The van der Waals surface area contributed by atoms with Crippen LogP contribution in [-0.4, -0.2) is 24.6 Å². The number of methoxy groups -OCH3 is 1. The maximum atomic E-state index is 11.8. The Morgan fingerprint density at radius 2 is 1.75 bits per heavy atom. The summed E-state index contributed by atoms with van der Waals surface area (Å²) in [5.74, 6) is -0.982. The lowest BCUT2D eigenvalue weighted by molar-refractivity contribution is -0.155. The van der Waals surface area contributed by atoms with Gasteiger partial charge in [-0.2, -0.15) is 0 Å². The van der Waals surface area contributed by atoms with Crippen molar-refractivity contribution in [3.63, 3.8) is 0 Å². The van der Waals surface area contributed by atoms with Crippen LogP contribution in [0.1, 0.15) is 32.8 Å². The first kappa shape index (κ1) is 16.0. The second-order valence-corrected chi connectivity index (χ2v) is 5.34. The normalized spacial score (nSPS) is 11.9. The van der Waals surface area contributed by atoms with E-state index in [1.165, 1.54) is 7.11 Å². The Hall–Kier alpha value is -2.10. The fourth-order valence-corrected chi connectivity index (χ4v) is 1.60. The molecule has 1 rings (SSSR count). The summed E-state index contributed by atoms with van der Waals surface area (Å²) in [7, 11) is 1.29. The van der Waals surface area contributed by atoms with Crippen LogP contribution in [0, 0.1) is 0 Å². The third-order valence-electron chi connectivity index (χ3n) is 2.34. The van der Waals surface area contributed by atoms with Crippen LogP contribution in [0.25, 0.3) is 6.08 Å². The van der Waals surface area contributed by atoms with Crippen LogP contribution in [0.2, 0.25) is 0 Å². The molecule has 0 aromatic heterocycles. The largest absolute Gasteiger partial charge is 0.466 e. The molecule has 4 heteroatoms. The number of carbonyl (C=O) groups excluding carboxylic acids is 2. The first-order chi connectivity index (χ1) is 9.31. The molecule has 0 unspecified atom stereocenters. The van der Waals surface area contributed by atoms with Gasteiger partial charge < -0.3 is 9.47 Å². The first-order valence-corrected chi connectivity index (χ1v) is 6.37. The number of ether oxygens (including phenoxy) is 2. The second kappa shape index (κ2) is 6.89. The topological polar surface area (TPSA) is 52.6 Å². The van der Waals surface area contributed by atoms with Crippen molar-refractivity contribution < 1.29 is 19.1 Å². The number of benzene rings is 1. The van der Waals surface area contributed by atoms with Crippen molar-refractivity contribution in [3.8, 4) is 0 Å². The van der Waals surface area contributed by atoms with Gasteiger partial charge >= 0.3 is 11.9 Å². The van der Waals surface area contributed by atoms with Crippen LogP contribution in [0.5, 0.6) is 0 Å². The van der Waals surface area contributed by atoms with Gasteiger partial charge in [0.25, 0.3) is 0 Å². The van der Waals surface area contributed by atoms with E-state index >= 15 is 0 Å². The molecular formula is C16H20O4. The molecule has 0 radical (unpaired) electrons. The lowest BCUT2D eigenvalue weighted by Gasteiger charge is -2.19. The number of hydrogen-bond acceptors (Lipinski definition) is 4. The van der Waals surface area contributed by atoms with E-state index < -0.39 is 17.5 Å². The molecule has 0 N–H and O–H groups in total. The van der Waals surface area contributed by atoms with Crippen LogP contribution in [-0.2, 0) is 19.1 Å². The van der Waals surface area contributed by atoms with E-state index in [1.54, 1.807) is 26.8 Å². The Morgan fingerprint density at radius 3 is 2.25 bits per heavy atom. The molecule has 1 aromatic rings. The van der Waals surface area contributed by atoms with Crippen molar-refractivity contribution in [2.75, 3.05) is 7.11 Å². The van der Waals surface area contributed by atoms with Gasteiger partial charge in [-0.1, -0.05) is 30.3 Å². The highest BCUT2D eigenvalue weighted by atomic mass is 16.6. The lowest BCUT2D eigenvalue weighted by atomic mass is 10.1. The molecule has 0 heterocycles. The van der Waals surface area contributed by atoms with Gasteiger partial charge in [0.1, 0.15) is 5.60 Å². The maximum Gasteiger partial charge on any atom is 0.334 e. The van der Waals surface area contributed by atoms with Gasteiger partial charge in [-0.25, -0.2) is 4.79 Å². The highest BCUT2D eigenvalue weighted by Gasteiger charge is 2.20. The molecule has 0 atom stereocenters. The molecule has 20 heavy (non-hydrogen) atoms. The SMILES string of the molecule is COC(=O)/C(=C/c1ccccc1)CC(=O)OC(C)(C)C. The molecule has 4 nitrogen and oxygen atoms in total. The van der Waals surface area contributed by atoms with Crippen LogP contribution in [0.15, 0.2) is 35.9 Å². The second-order valence-electron chi connectivity index (χ2n) is 5.34. The molecule has 0 fully saturated rings.